The summed E-state index contributed by atoms with van der Waals surface area (Å²) in [6.45, 7) is 3.68. The number of esters is 1. The third-order valence-electron chi connectivity index (χ3n) is 5.45. The predicted molar refractivity (Wildman–Crippen MR) is 111 cm³/mol. The Labute approximate surface area is 175 Å². The lowest BCUT2D eigenvalue weighted by atomic mass is 9.87. The zero-order valence-corrected chi connectivity index (χ0v) is 18.1. The van der Waals surface area contributed by atoms with Crippen LogP contribution >= 0.6 is 11.8 Å². The third-order valence-corrected chi connectivity index (χ3v) is 6.13. The molecule has 0 aliphatic heterocycles. The molecule has 0 atom stereocenters. The molecule has 2 heterocycles. The second-order valence-electron chi connectivity index (χ2n) is 7.49. The number of carbonyl (C=O) groups is 2. The fourth-order valence-electron chi connectivity index (χ4n) is 3.58. The smallest absolute Gasteiger partial charge is 0.343 e. The first-order valence-electron chi connectivity index (χ1n) is 9.80. The summed E-state index contributed by atoms with van der Waals surface area (Å²) in [5, 5.41) is 0.496. The maximum absolute atomic E-state index is 12.7. The zero-order chi connectivity index (χ0) is 21.0. The van der Waals surface area contributed by atoms with Crippen LogP contribution in [-0.4, -0.2) is 52.7 Å². The van der Waals surface area contributed by atoms with E-state index in [-0.39, 0.29) is 24.1 Å². The highest BCUT2D eigenvalue weighted by atomic mass is 32.2. The number of aromatic nitrogens is 2. The first-order valence-corrected chi connectivity index (χ1v) is 11.0. The maximum atomic E-state index is 12.7. The summed E-state index contributed by atoms with van der Waals surface area (Å²) in [4.78, 5) is 35.7. The van der Waals surface area contributed by atoms with Gasteiger partial charge in [-0.05, 0) is 56.9 Å². The fourth-order valence-corrected chi connectivity index (χ4v) is 4.19. The van der Waals surface area contributed by atoms with Crippen LogP contribution in [0.3, 0.4) is 0 Å². The highest BCUT2D eigenvalue weighted by Crippen LogP contribution is 2.27. The molecule has 1 aliphatic carbocycles. The van der Waals surface area contributed by atoms with Gasteiger partial charge in [0, 0.05) is 13.1 Å². The summed E-state index contributed by atoms with van der Waals surface area (Å²) in [6, 6.07) is 3.73. The van der Waals surface area contributed by atoms with E-state index in [1.807, 2.05) is 6.26 Å². The van der Waals surface area contributed by atoms with Crippen LogP contribution in [0.1, 0.15) is 48.7 Å². The molecule has 1 saturated carbocycles. The first-order chi connectivity index (χ1) is 13.9. The molecule has 0 radical (unpaired) electrons. The van der Waals surface area contributed by atoms with Crippen LogP contribution in [0.5, 0.6) is 0 Å². The minimum Gasteiger partial charge on any atom is -0.461 e. The molecule has 1 amide bonds. The Bertz CT molecular complexity index is 861. The van der Waals surface area contributed by atoms with E-state index in [0.717, 1.165) is 25.7 Å². The molecule has 0 unspecified atom stereocenters. The van der Waals surface area contributed by atoms with Gasteiger partial charge < -0.3 is 14.1 Å². The lowest BCUT2D eigenvalue weighted by Crippen LogP contribution is -2.41. The molecule has 0 aromatic carbocycles. The standard InChI is InChI=1S/C21H27N3O4S/c1-13-7-9-15(10-8-13)24(3)17(25)12-28-21(26)18-14(2)22-19(23-20(18)29-4)16-6-5-11-27-16/h5-6,11,13,15H,7-10,12H2,1-4H3. The number of likely N-dealkylation sites (N-methyl/N-ethyl adjacent to an activating group) is 1. The monoisotopic (exact) mass is 417 g/mol. The molecule has 3 rings (SSSR count). The largest absolute Gasteiger partial charge is 0.461 e. The van der Waals surface area contributed by atoms with Crippen molar-refractivity contribution in [1.29, 1.82) is 0 Å². The number of rotatable bonds is 6. The number of furan rings is 1. The molecule has 0 spiro atoms. The predicted octanol–water partition coefficient (Wildman–Crippen LogP) is 3.96. The van der Waals surface area contributed by atoms with Crippen LogP contribution in [0, 0.1) is 12.8 Å². The van der Waals surface area contributed by atoms with Gasteiger partial charge in [-0.3, -0.25) is 4.79 Å². The van der Waals surface area contributed by atoms with Gasteiger partial charge in [-0.15, -0.1) is 11.8 Å². The van der Waals surface area contributed by atoms with E-state index < -0.39 is 5.97 Å². The van der Waals surface area contributed by atoms with E-state index in [2.05, 4.69) is 16.9 Å². The van der Waals surface area contributed by atoms with E-state index in [9.17, 15) is 9.59 Å². The van der Waals surface area contributed by atoms with Gasteiger partial charge in [0.2, 0.25) is 0 Å². The van der Waals surface area contributed by atoms with Crippen molar-refractivity contribution in [2.24, 2.45) is 5.92 Å². The van der Waals surface area contributed by atoms with Crippen molar-refractivity contribution >= 4 is 23.6 Å². The molecule has 29 heavy (non-hydrogen) atoms. The van der Waals surface area contributed by atoms with Crippen LogP contribution < -0.4 is 0 Å². The molecule has 0 bridgehead atoms. The topological polar surface area (TPSA) is 85.5 Å². The number of aryl methyl sites for hydroxylation is 1. The van der Waals surface area contributed by atoms with Gasteiger partial charge in [-0.1, -0.05) is 6.92 Å². The molecule has 156 valence electrons. The van der Waals surface area contributed by atoms with Crippen molar-refractivity contribution in [3.8, 4) is 11.6 Å². The first kappa shape index (κ1) is 21.4. The van der Waals surface area contributed by atoms with E-state index in [0.29, 0.717) is 28.2 Å². The average Bonchev–Trinajstić information content (AvgIpc) is 3.26. The summed E-state index contributed by atoms with van der Waals surface area (Å²) in [5.41, 5.74) is 0.776. The van der Waals surface area contributed by atoms with E-state index in [1.54, 1.807) is 37.3 Å². The van der Waals surface area contributed by atoms with Gasteiger partial charge in [0.25, 0.3) is 5.91 Å². The number of hydrogen-bond acceptors (Lipinski definition) is 7. The summed E-state index contributed by atoms with van der Waals surface area (Å²) in [5.74, 6) is 0.883. The van der Waals surface area contributed by atoms with Gasteiger partial charge in [-0.2, -0.15) is 0 Å². The SMILES string of the molecule is CSc1nc(-c2ccco2)nc(C)c1C(=O)OCC(=O)N(C)C1CCC(C)CC1. The highest BCUT2D eigenvalue weighted by molar-refractivity contribution is 7.98. The Morgan fingerprint density at radius 3 is 2.62 bits per heavy atom. The lowest BCUT2D eigenvalue weighted by molar-refractivity contribution is -0.136. The fraction of sp³-hybridized carbons (Fsp3) is 0.524. The molecule has 0 N–H and O–H groups in total. The summed E-state index contributed by atoms with van der Waals surface area (Å²) < 4.78 is 10.7. The highest BCUT2D eigenvalue weighted by Gasteiger charge is 2.26. The molecule has 2 aromatic heterocycles. The van der Waals surface area contributed by atoms with Crippen LogP contribution in [-0.2, 0) is 9.53 Å². The zero-order valence-electron chi connectivity index (χ0n) is 17.3. The molecule has 0 saturated heterocycles. The summed E-state index contributed by atoms with van der Waals surface area (Å²) >= 11 is 1.32. The lowest BCUT2D eigenvalue weighted by Gasteiger charge is -2.33. The van der Waals surface area contributed by atoms with E-state index >= 15 is 0 Å². The average molecular weight is 418 g/mol. The number of ether oxygens (including phenoxy) is 1. The van der Waals surface area contributed by atoms with E-state index in [4.69, 9.17) is 9.15 Å². The Kier molecular flexibility index (Phi) is 6.95. The van der Waals surface area contributed by atoms with Gasteiger partial charge in [-0.25, -0.2) is 14.8 Å². The molecule has 2 aromatic rings. The van der Waals surface area contributed by atoms with Crippen molar-refractivity contribution in [2.45, 2.75) is 50.6 Å². The summed E-state index contributed by atoms with van der Waals surface area (Å²) in [7, 11) is 1.79. The molecular formula is C21H27N3O4S. The second kappa shape index (κ2) is 9.43. The quantitative estimate of drug-likeness (QED) is 0.399. The second-order valence-corrected chi connectivity index (χ2v) is 8.28. The number of hydrogen-bond donors (Lipinski definition) is 0. The van der Waals surface area contributed by atoms with Gasteiger partial charge in [0.15, 0.2) is 18.2 Å². The Morgan fingerprint density at radius 2 is 2.00 bits per heavy atom. The van der Waals surface area contributed by atoms with Crippen molar-refractivity contribution in [2.75, 3.05) is 19.9 Å². The number of thioether (sulfide) groups is 1. The van der Waals surface area contributed by atoms with Crippen LogP contribution in [0.4, 0.5) is 0 Å². The van der Waals surface area contributed by atoms with Gasteiger partial charge in [0.05, 0.1) is 12.0 Å². The molecule has 1 aliphatic rings. The Morgan fingerprint density at radius 1 is 1.28 bits per heavy atom. The van der Waals surface area contributed by atoms with Crippen molar-refractivity contribution in [3.63, 3.8) is 0 Å². The summed E-state index contributed by atoms with van der Waals surface area (Å²) in [6.07, 6.45) is 7.61. The van der Waals surface area contributed by atoms with Crippen LogP contribution in [0.2, 0.25) is 0 Å². The molecular weight excluding hydrogens is 390 g/mol. The third kappa shape index (κ3) is 4.98. The van der Waals surface area contributed by atoms with Gasteiger partial charge in [0.1, 0.15) is 10.6 Å². The number of nitrogens with zero attached hydrogens (tertiary/aromatic N) is 3. The van der Waals surface area contributed by atoms with E-state index in [1.165, 1.54) is 11.8 Å². The Hall–Kier alpha value is -2.35. The van der Waals surface area contributed by atoms with Crippen molar-refractivity contribution in [1.82, 2.24) is 14.9 Å². The maximum Gasteiger partial charge on any atom is 0.343 e. The minimum atomic E-state index is -0.586. The molecule has 7 nitrogen and oxygen atoms in total. The van der Waals surface area contributed by atoms with Gasteiger partial charge >= 0.3 is 5.97 Å². The Balaban J connectivity index is 1.66. The minimum absolute atomic E-state index is 0.186. The number of amides is 1. The van der Waals surface area contributed by atoms with Crippen molar-refractivity contribution < 1.29 is 18.7 Å². The van der Waals surface area contributed by atoms with Crippen molar-refractivity contribution in [3.05, 3.63) is 29.7 Å². The molecule has 8 heteroatoms. The number of carbonyl (C=O) groups excluding carboxylic acids is 2. The molecule has 1 fully saturated rings. The van der Waals surface area contributed by atoms with Crippen LogP contribution in [0.25, 0.3) is 11.6 Å². The normalized spacial score (nSPS) is 19.0. The van der Waals surface area contributed by atoms with Crippen LogP contribution in [0.15, 0.2) is 27.8 Å².